The van der Waals surface area contributed by atoms with Crippen molar-refractivity contribution in [2.75, 3.05) is 40.3 Å². The fraction of sp³-hybridized carbons (Fsp3) is 0.667. The van der Waals surface area contributed by atoms with Crippen LogP contribution in [0.1, 0.15) is 25.3 Å². The molecule has 0 aliphatic carbocycles. The maximum absolute atomic E-state index is 6.38. The van der Waals surface area contributed by atoms with Crippen molar-refractivity contribution < 1.29 is 9.47 Å². The minimum absolute atomic E-state index is 0. The van der Waals surface area contributed by atoms with Crippen molar-refractivity contribution >= 4 is 24.8 Å². The molecule has 24 heavy (non-hydrogen) atoms. The van der Waals surface area contributed by atoms with Crippen molar-refractivity contribution in [3.05, 3.63) is 29.8 Å². The highest BCUT2D eigenvalue weighted by Gasteiger charge is 2.43. The van der Waals surface area contributed by atoms with Crippen molar-refractivity contribution in [2.45, 2.75) is 38.1 Å². The first-order valence-corrected chi connectivity index (χ1v) is 8.35. The summed E-state index contributed by atoms with van der Waals surface area (Å²) in [5.41, 5.74) is 1.04. The number of hydrogen-bond donors (Lipinski definition) is 0. The van der Waals surface area contributed by atoms with Crippen molar-refractivity contribution in [2.24, 2.45) is 0 Å². The minimum Gasteiger partial charge on any atom is -0.487 e. The molecule has 1 fully saturated rings. The zero-order chi connectivity index (χ0) is 15.6. The summed E-state index contributed by atoms with van der Waals surface area (Å²) in [7, 11) is 4.26. The van der Waals surface area contributed by atoms with Gasteiger partial charge in [0.1, 0.15) is 17.5 Å². The smallest absolute Gasteiger partial charge is 0.125 e. The van der Waals surface area contributed by atoms with E-state index in [1.54, 1.807) is 0 Å². The number of likely N-dealkylation sites (tertiary alicyclic amines) is 1. The molecular formula is C18H30Cl2N2O2. The molecular weight excluding hydrogens is 347 g/mol. The van der Waals surface area contributed by atoms with Gasteiger partial charge in [0, 0.05) is 31.7 Å². The van der Waals surface area contributed by atoms with Crippen LogP contribution in [0.5, 0.6) is 5.75 Å². The largest absolute Gasteiger partial charge is 0.487 e. The number of piperidine rings is 1. The summed E-state index contributed by atoms with van der Waals surface area (Å²) in [5, 5.41) is 0. The Bertz CT molecular complexity index is 506. The molecule has 6 heteroatoms. The molecule has 4 nitrogen and oxygen atoms in total. The molecule has 2 aliphatic heterocycles. The molecule has 1 aromatic carbocycles. The monoisotopic (exact) mass is 376 g/mol. The van der Waals surface area contributed by atoms with Gasteiger partial charge in [0.05, 0.1) is 6.61 Å². The molecule has 2 aliphatic rings. The van der Waals surface area contributed by atoms with Gasteiger partial charge in [-0.1, -0.05) is 18.2 Å². The zero-order valence-electron chi connectivity index (χ0n) is 14.9. The Balaban J connectivity index is 0.00000144. The van der Waals surface area contributed by atoms with Crippen LogP contribution in [-0.2, 0) is 11.3 Å². The molecule has 1 unspecified atom stereocenters. The molecule has 3 rings (SSSR count). The van der Waals surface area contributed by atoms with Crippen molar-refractivity contribution in [1.29, 1.82) is 0 Å². The van der Waals surface area contributed by atoms with E-state index in [1.165, 1.54) is 5.56 Å². The number of benzene rings is 1. The molecule has 0 aromatic heterocycles. The lowest BCUT2D eigenvalue weighted by Gasteiger charge is -2.43. The molecule has 0 amide bonds. The van der Waals surface area contributed by atoms with Crippen LogP contribution in [0.3, 0.4) is 0 Å². The third-order valence-electron chi connectivity index (χ3n) is 5.10. The fourth-order valence-corrected chi connectivity index (χ4v) is 3.42. The van der Waals surface area contributed by atoms with Crippen LogP contribution < -0.4 is 4.74 Å². The van der Waals surface area contributed by atoms with Crippen molar-refractivity contribution in [3.8, 4) is 5.75 Å². The summed E-state index contributed by atoms with van der Waals surface area (Å²) in [4.78, 5) is 4.79. The third-order valence-corrected chi connectivity index (χ3v) is 5.10. The zero-order valence-corrected chi connectivity index (χ0v) is 16.5. The summed E-state index contributed by atoms with van der Waals surface area (Å²) in [6, 6.07) is 8.25. The fourth-order valence-electron chi connectivity index (χ4n) is 3.42. The number of hydrogen-bond acceptors (Lipinski definition) is 4. The first-order chi connectivity index (χ1) is 10.6. The Morgan fingerprint density at radius 2 is 1.83 bits per heavy atom. The summed E-state index contributed by atoms with van der Waals surface area (Å²) < 4.78 is 12.6. The molecule has 1 atom stereocenters. The average molecular weight is 377 g/mol. The standard InChI is InChI=1S/C18H28N2O2.2ClH/c1-15-18(8-10-20(11-9-18)13-12-19(2)3)21-14-16-6-4-5-7-17(16)22-15;;/h4-7,15H,8-14H2,1-3H3;2*1H. The van der Waals surface area contributed by atoms with Gasteiger partial charge in [-0.15, -0.1) is 24.8 Å². The van der Waals surface area contributed by atoms with E-state index in [4.69, 9.17) is 9.47 Å². The number of ether oxygens (including phenoxy) is 2. The molecule has 2 heterocycles. The number of halogens is 2. The Morgan fingerprint density at radius 3 is 2.50 bits per heavy atom. The lowest BCUT2D eigenvalue weighted by molar-refractivity contribution is -0.136. The van der Waals surface area contributed by atoms with Crippen molar-refractivity contribution in [1.82, 2.24) is 9.80 Å². The van der Waals surface area contributed by atoms with E-state index in [-0.39, 0.29) is 36.5 Å². The SMILES string of the molecule is CC1Oc2ccccc2COC12CCN(CCN(C)C)CC2.Cl.Cl. The second-order valence-corrected chi connectivity index (χ2v) is 6.87. The maximum Gasteiger partial charge on any atom is 0.125 e. The Labute approximate surface area is 158 Å². The first-order valence-electron chi connectivity index (χ1n) is 8.35. The topological polar surface area (TPSA) is 24.9 Å². The number of nitrogens with zero attached hydrogens (tertiary/aromatic N) is 2. The van der Waals surface area contributed by atoms with Gasteiger partial charge in [-0.25, -0.2) is 0 Å². The summed E-state index contributed by atoms with van der Waals surface area (Å²) in [6.45, 7) is 7.27. The molecule has 1 saturated heterocycles. The predicted molar refractivity (Wildman–Crippen MR) is 103 cm³/mol. The molecule has 0 N–H and O–H groups in total. The molecule has 0 saturated carbocycles. The number of rotatable bonds is 3. The van der Waals surface area contributed by atoms with Gasteiger partial charge in [0.25, 0.3) is 0 Å². The van der Waals surface area contributed by atoms with E-state index in [0.29, 0.717) is 6.61 Å². The van der Waals surface area contributed by atoms with E-state index in [2.05, 4.69) is 49.0 Å². The molecule has 0 bridgehead atoms. The molecule has 1 aromatic rings. The van der Waals surface area contributed by atoms with Crippen LogP contribution in [-0.4, -0.2) is 61.8 Å². The highest BCUT2D eigenvalue weighted by Crippen LogP contribution is 2.37. The molecule has 0 radical (unpaired) electrons. The summed E-state index contributed by atoms with van der Waals surface area (Å²) in [5.74, 6) is 0.988. The second-order valence-electron chi connectivity index (χ2n) is 6.87. The lowest BCUT2D eigenvalue weighted by Crippen LogP contribution is -2.54. The van der Waals surface area contributed by atoms with Crippen LogP contribution >= 0.6 is 24.8 Å². The Hall–Kier alpha value is -0.520. The summed E-state index contributed by atoms with van der Waals surface area (Å²) in [6.07, 6.45) is 2.21. The summed E-state index contributed by atoms with van der Waals surface area (Å²) >= 11 is 0. The van der Waals surface area contributed by atoms with Crippen LogP contribution in [0.15, 0.2) is 24.3 Å². The number of fused-ring (bicyclic) bond motifs is 1. The van der Waals surface area contributed by atoms with Crippen LogP contribution in [0.25, 0.3) is 0 Å². The van der Waals surface area contributed by atoms with Gasteiger partial charge in [-0.05, 0) is 39.9 Å². The average Bonchev–Trinajstić information content (AvgIpc) is 2.65. The van der Waals surface area contributed by atoms with Crippen LogP contribution in [0.4, 0.5) is 0 Å². The van der Waals surface area contributed by atoms with E-state index in [0.717, 1.165) is 44.8 Å². The van der Waals surface area contributed by atoms with Gasteiger partial charge < -0.3 is 19.3 Å². The Morgan fingerprint density at radius 1 is 1.17 bits per heavy atom. The van der Waals surface area contributed by atoms with Gasteiger partial charge in [-0.2, -0.15) is 0 Å². The van der Waals surface area contributed by atoms with E-state index in [9.17, 15) is 0 Å². The molecule has 138 valence electrons. The second kappa shape index (κ2) is 9.25. The quantitative estimate of drug-likeness (QED) is 0.808. The third kappa shape index (κ3) is 4.77. The van der Waals surface area contributed by atoms with Crippen LogP contribution in [0.2, 0.25) is 0 Å². The van der Waals surface area contributed by atoms with Crippen LogP contribution in [0, 0.1) is 0 Å². The maximum atomic E-state index is 6.38. The highest BCUT2D eigenvalue weighted by molar-refractivity contribution is 5.85. The lowest BCUT2D eigenvalue weighted by atomic mass is 9.86. The van der Waals surface area contributed by atoms with E-state index < -0.39 is 0 Å². The van der Waals surface area contributed by atoms with Gasteiger partial charge in [0.15, 0.2) is 0 Å². The number of para-hydroxylation sites is 1. The predicted octanol–water partition coefficient (Wildman–Crippen LogP) is 3.22. The van der Waals surface area contributed by atoms with Crippen molar-refractivity contribution in [3.63, 3.8) is 0 Å². The minimum atomic E-state index is -0.131. The highest BCUT2D eigenvalue weighted by atomic mass is 35.5. The van der Waals surface area contributed by atoms with E-state index >= 15 is 0 Å². The van der Waals surface area contributed by atoms with Gasteiger partial charge in [0.2, 0.25) is 0 Å². The van der Waals surface area contributed by atoms with Gasteiger partial charge in [-0.3, -0.25) is 0 Å². The molecule has 1 spiro atoms. The number of likely N-dealkylation sites (N-methyl/N-ethyl adjacent to an activating group) is 1. The van der Waals surface area contributed by atoms with Gasteiger partial charge >= 0.3 is 0 Å². The normalized spacial score (nSPS) is 22.8. The Kier molecular flexibility index (Phi) is 8.30. The van der Waals surface area contributed by atoms with E-state index in [1.807, 2.05) is 6.07 Å². The first kappa shape index (κ1) is 21.5.